The largest absolute Gasteiger partial charge is 0.480 e. The molecular weight excluding hydrogens is 414 g/mol. The van der Waals surface area contributed by atoms with Gasteiger partial charge in [0.25, 0.3) is 0 Å². The van der Waals surface area contributed by atoms with Crippen LogP contribution in [0, 0.1) is 0 Å². The van der Waals surface area contributed by atoms with E-state index >= 15 is 0 Å². The Morgan fingerprint density at radius 1 is 1.03 bits per heavy atom. The van der Waals surface area contributed by atoms with E-state index in [2.05, 4.69) is 17.4 Å². The first-order chi connectivity index (χ1) is 14.8. The lowest BCUT2D eigenvalue weighted by molar-refractivity contribution is -0.144. The second kappa shape index (κ2) is 10.0. The molecule has 1 amide bonds. The Morgan fingerprint density at radius 2 is 1.61 bits per heavy atom. The van der Waals surface area contributed by atoms with E-state index in [9.17, 15) is 19.5 Å². The van der Waals surface area contributed by atoms with Crippen LogP contribution < -0.4 is 5.32 Å². The number of amides is 1. The monoisotopic (exact) mass is 441 g/mol. The number of carboxylic acid groups (broad SMARTS) is 1. The fraction of sp³-hybridized carbons (Fsp3) is 0.375. The molecule has 2 aromatic rings. The molecule has 7 heteroatoms. The molecule has 1 aliphatic rings. The molecule has 6 nitrogen and oxygen atoms in total. The van der Waals surface area contributed by atoms with Crippen molar-refractivity contribution >= 4 is 28.9 Å². The standard InChI is InChI=1S/C24H27NO5S/c1-16(26)31-14-8-7-13-24(2,22(27)28)25-23(29)30-15-21-19-11-5-3-9-17(19)18-10-4-6-12-20(18)21/h3-6,9-12,21H,7-8,13-15H2,1-2H3,(H,25,29)(H,27,28). The average molecular weight is 442 g/mol. The van der Waals surface area contributed by atoms with E-state index in [-0.39, 0.29) is 24.1 Å². The van der Waals surface area contributed by atoms with Crippen LogP contribution in [-0.4, -0.2) is 40.2 Å². The lowest BCUT2D eigenvalue weighted by Crippen LogP contribution is -2.52. The molecule has 0 fully saturated rings. The average Bonchev–Trinajstić information content (AvgIpc) is 3.05. The third-order valence-electron chi connectivity index (χ3n) is 5.57. The second-order valence-electron chi connectivity index (χ2n) is 7.88. The highest BCUT2D eigenvalue weighted by molar-refractivity contribution is 8.13. The van der Waals surface area contributed by atoms with Crippen LogP contribution in [-0.2, 0) is 14.3 Å². The van der Waals surface area contributed by atoms with Crippen molar-refractivity contribution in [2.75, 3.05) is 12.4 Å². The Hall–Kier alpha value is -2.80. The summed E-state index contributed by atoms with van der Waals surface area (Å²) in [6.45, 7) is 3.12. The molecule has 0 heterocycles. The van der Waals surface area contributed by atoms with Gasteiger partial charge in [0, 0.05) is 18.6 Å². The van der Waals surface area contributed by atoms with Gasteiger partial charge in [-0.25, -0.2) is 9.59 Å². The molecule has 1 unspecified atom stereocenters. The van der Waals surface area contributed by atoms with E-state index in [1.54, 1.807) is 0 Å². The van der Waals surface area contributed by atoms with Crippen LogP contribution in [0.25, 0.3) is 11.1 Å². The SMILES string of the molecule is CC(=O)SCCCCC(C)(NC(=O)OCC1c2ccccc2-c2ccccc21)C(=O)O. The summed E-state index contributed by atoms with van der Waals surface area (Å²) in [5.41, 5.74) is 3.03. The van der Waals surface area contributed by atoms with Crippen molar-refractivity contribution in [2.24, 2.45) is 0 Å². The highest BCUT2D eigenvalue weighted by Crippen LogP contribution is 2.44. The maximum Gasteiger partial charge on any atom is 0.408 e. The molecule has 0 radical (unpaired) electrons. The van der Waals surface area contributed by atoms with Gasteiger partial charge in [0.2, 0.25) is 0 Å². The highest BCUT2D eigenvalue weighted by Gasteiger charge is 2.36. The molecule has 3 rings (SSSR count). The number of aliphatic carboxylic acids is 1. The van der Waals surface area contributed by atoms with Crippen LogP contribution in [0.5, 0.6) is 0 Å². The van der Waals surface area contributed by atoms with Crippen LogP contribution in [0.15, 0.2) is 48.5 Å². The Morgan fingerprint density at radius 3 is 2.16 bits per heavy atom. The van der Waals surface area contributed by atoms with Crippen LogP contribution in [0.4, 0.5) is 4.79 Å². The molecule has 0 aliphatic heterocycles. The number of rotatable bonds is 9. The van der Waals surface area contributed by atoms with Gasteiger partial charge in [-0.05, 0) is 48.4 Å². The number of carboxylic acids is 1. The number of alkyl carbamates (subject to hydrolysis) is 1. The van der Waals surface area contributed by atoms with Crippen molar-refractivity contribution in [1.82, 2.24) is 5.32 Å². The van der Waals surface area contributed by atoms with E-state index in [4.69, 9.17) is 4.74 Å². The van der Waals surface area contributed by atoms with Gasteiger partial charge in [-0.1, -0.05) is 60.3 Å². The molecule has 1 aliphatic carbocycles. The van der Waals surface area contributed by atoms with Crippen LogP contribution in [0.2, 0.25) is 0 Å². The number of hydrogen-bond donors (Lipinski definition) is 2. The third kappa shape index (κ3) is 5.47. The Balaban J connectivity index is 1.59. The van der Waals surface area contributed by atoms with E-state index < -0.39 is 17.6 Å². The van der Waals surface area contributed by atoms with Gasteiger partial charge in [0.15, 0.2) is 5.12 Å². The summed E-state index contributed by atoms with van der Waals surface area (Å²) < 4.78 is 5.48. The Bertz CT molecular complexity index is 930. The fourth-order valence-corrected chi connectivity index (χ4v) is 4.52. The predicted octanol–water partition coefficient (Wildman–Crippen LogP) is 4.82. The number of thioether (sulfide) groups is 1. The van der Waals surface area contributed by atoms with Crippen molar-refractivity contribution in [1.29, 1.82) is 0 Å². The number of carbonyl (C=O) groups is 3. The molecule has 31 heavy (non-hydrogen) atoms. The normalized spacial score (nSPS) is 14.3. The number of nitrogens with one attached hydrogen (secondary N) is 1. The summed E-state index contributed by atoms with van der Waals surface area (Å²) >= 11 is 1.22. The summed E-state index contributed by atoms with van der Waals surface area (Å²) in [5, 5.41) is 12.2. The smallest absolute Gasteiger partial charge is 0.408 e. The summed E-state index contributed by atoms with van der Waals surface area (Å²) in [4.78, 5) is 35.3. The van der Waals surface area contributed by atoms with Gasteiger partial charge in [-0.15, -0.1) is 0 Å². The zero-order chi connectivity index (χ0) is 22.4. The maximum atomic E-state index is 12.5. The van der Waals surface area contributed by atoms with E-state index in [1.165, 1.54) is 25.6 Å². The number of carbonyl (C=O) groups excluding carboxylic acids is 2. The zero-order valence-corrected chi connectivity index (χ0v) is 18.5. The van der Waals surface area contributed by atoms with Crippen molar-refractivity contribution < 1.29 is 24.2 Å². The van der Waals surface area contributed by atoms with E-state index in [1.807, 2.05) is 36.4 Å². The van der Waals surface area contributed by atoms with Crippen molar-refractivity contribution in [3.8, 4) is 11.1 Å². The van der Waals surface area contributed by atoms with Crippen LogP contribution >= 0.6 is 11.8 Å². The van der Waals surface area contributed by atoms with Crippen molar-refractivity contribution in [2.45, 2.75) is 44.6 Å². The predicted molar refractivity (Wildman–Crippen MR) is 121 cm³/mol. The number of ether oxygens (including phenoxy) is 1. The number of unbranched alkanes of at least 4 members (excludes halogenated alkanes) is 1. The molecule has 2 aromatic carbocycles. The van der Waals surface area contributed by atoms with E-state index in [0.717, 1.165) is 22.3 Å². The van der Waals surface area contributed by atoms with Gasteiger partial charge >= 0.3 is 12.1 Å². The number of hydrogen-bond acceptors (Lipinski definition) is 5. The Labute approximate surface area is 186 Å². The van der Waals surface area contributed by atoms with Crippen molar-refractivity contribution in [3.63, 3.8) is 0 Å². The van der Waals surface area contributed by atoms with Gasteiger partial charge in [-0.3, -0.25) is 4.79 Å². The minimum Gasteiger partial charge on any atom is -0.480 e. The summed E-state index contributed by atoms with van der Waals surface area (Å²) in [5.74, 6) is -0.561. The first-order valence-corrected chi connectivity index (χ1v) is 11.3. The van der Waals surface area contributed by atoms with Gasteiger partial charge in [0.1, 0.15) is 12.1 Å². The van der Waals surface area contributed by atoms with Gasteiger partial charge < -0.3 is 15.2 Å². The van der Waals surface area contributed by atoms with Crippen molar-refractivity contribution in [3.05, 3.63) is 59.7 Å². The van der Waals surface area contributed by atoms with Crippen LogP contribution in [0.3, 0.4) is 0 Å². The number of fused-ring (bicyclic) bond motifs is 3. The maximum absolute atomic E-state index is 12.5. The summed E-state index contributed by atoms with van der Waals surface area (Å²) in [6, 6.07) is 16.1. The fourth-order valence-electron chi connectivity index (χ4n) is 3.88. The summed E-state index contributed by atoms with van der Waals surface area (Å²) in [7, 11) is 0. The molecule has 0 aromatic heterocycles. The topological polar surface area (TPSA) is 92.7 Å². The molecule has 2 N–H and O–H groups in total. The third-order valence-corrected chi connectivity index (χ3v) is 6.47. The molecule has 0 spiro atoms. The second-order valence-corrected chi connectivity index (χ2v) is 9.16. The van der Waals surface area contributed by atoms with Gasteiger partial charge in [-0.2, -0.15) is 0 Å². The number of benzene rings is 2. The van der Waals surface area contributed by atoms with Gasteiger partial charge in [0.05, 0.1) is 0 Å². The minimum absolute atomic E-state index is 0.0396. The molecular formula is C24H27NO5S. The van der Waals surface area contributed by atoms with E-state index in [0.29, 0.717) is 18.6 Å². The molecule has 0 saturated carbocycles. The highest BCUT2D eigenvalue weighted by atomic mass is 32.2. The summed E-state index contributed by atoms with van der Waals surface area (Å²) in [6.07, 6.45) is 0.780. The lowest BCUT2D eigenvalue weighted by Gasteiger charge is -2.26. The Kier molecular flexibility index (Phi) is 7.38. The first-order valence-electron chi connectivity index (χ1n) is 10.3. The molecule has 164 valence electrons. The molecule has 1 atom stereocenters. The quantitative estimate of drug-likeness (QED) is 0.542. The minimum atomic E-state index is -1.43. The molecule has 0 saturated heterocycles. The first kappa shape index (κ1) is 22.9. The lowest BCUT2D eigenvalue weighted by atomic mass is 9.95. The van der Waals surface area contributed by atoms with Crippen LogP contribution in [0.1, 0.15) is 50.2 Å². The molecule has 0 bridgehead atoms. The zero-order valence-electron chi connectivity index (χ0n) is 17.7.